The first-order chi connectivity index (χ1) is 7.96. The van der Waals surface area contributed by atoms with Gasteiger partial charge in [-0.25, -0.2) is 0 Å². The second kappa shape index (κ2) is 7.03. The molecular formula is C14H32O3Si. The van der Waals surface area contributed by atoms with E-state index in [1.54, 1.807) is 0 Å². The lowest BCUT2D eigenvalue weighted by atomic mass is 10.0. The monoisotopic (exact) mass is 276 g/mol. The minimum atomic E-state index is -2.62. The summed E-state index contributed by atoms with van der Waals surface area (Å²) in [6.07, 6.45) is 0.365. The summed E-state index contributed by atoms with van der Waals surface area (Å²) in [6.45, 7) is 18.8. The van der Waals surface area contributed by atoms with E-state index in [4.69, 9.17) is 13.3 Å². The van der Waals surface area contributed by atoms with Crippen LogP contribution in [0.5, 0.6) is 0 Å². The summed E-state index contributed by atoms with van der Waals surface area (Å²) >= 11 is 0. The molecule has 0 amide bonds. The molecule has 0 aliphatic carbocycles. The van der Waals surface area contributed by atoms with E-state index in [0.717, 1.165) is 6.04 Å². The molecule has 0 saturated heterocycles. The third-order valence-corrected chi connectivity index (χ3v) is 5.98. The Kier molecular flexibility index (Phi) is 7.07. The van der Waals surface area contributed by atoms with Gasteiger partial charge in [-0.2, -0.15) is 0 Å². The predicted molar refractivity (Wildman–Crippen MR) is 78.7 cm³/mol. The highest BCUT2D eigenvalue weighted by Gasteiger charge is 2.47. The molecule has 0 fully saturated rings. The molecule has 4 heteroatoms. The van der Waals surface area contributed by atoms with E-state index in [-0.39, 0.29) is 23.7 Å². The van der Waals surface area contributed by atoms with Gasteiger partial charge in [0.05, 0.1) is 0 Å². The molecule has 3 nitrogen and oxygen atoms in total. The molecule has 0 aliphatic rings. The minimum absolute atomic E-state index is 0.122. The molecule has 0 heterocycles. The predicted octanol–water partition coefficient (Wildman–Crippen LogP) is 4.25. The van der Waals surface area contributed by atoms with Gasteiger partial charge in [-0.3, -0.25) is 0 Å². The Morgan fingerprint density at radius 3 is 1.17 bits per heavy atom. The van der Waals surface area contributed by atoms with Crippen molar-refractivity contribution >= 4 is 8.80 Å². The molecule has 0 aromatic heterocycles. The molecule has 0 unspecified atom stereocenters. The lowest BCUT2D eigenvalue weighted by Gasteiger charge is -2.38. The van der Waals surface area contributed by atoms with Crippen molar-refractivity contribution in [3.63, 3.8) is 0 Å². The number of hydrogen-bond acceptors (Lipinski definition) is 3. The van der Waals surface area contributed by atoms with Crippen LogP contribution >= 0.6 is 0 Å². The van der Waals surface area contributed by atoms with Gasteiger partial charge in [-0.05, 0) is 47.0 Å². The van der Waals surface area contributed by atoms with E-state index in [1.807, 2.05) is 41.5 Å². The average molecular weight is 276 g/mol. The largest absolute Gasteiger partial charge is 0.502 e. The molecule has 0 saturated carbocycles. The highest BCUT2D eigenvalue weighted by atomic mass is 28.4. The fourth-order valence-electron chi connectivity index (χ4n) is 1.94. The molecule has 0 radical (unpaired) electrons. The van der Waals surface area contributed by atoms with Crippen molar-refractivity contribution in [2.45, 2.75) is 86.7 Å². The van der Waals surface area contributed by atoms with Gasteiger partial charge in [-0.15, -0.1) is 0 Å². The Hall–Kier alpha value is 0.0969. The molecular weight excluding hydrogens is 244 g/mol. The Labute approximate surface area is 115 Å². The lowest BCUT2D eigenvalue weighted by Crippen LogP contribution is -2.52. The molecule has 0 spiro atoms. The molecule has 0 N–H and O–H groups in total. The smallest absolute Gasteiger partial charge is 0.371 e. The first kappa shape index (κ1) is 18.1. The van der Waals surface area contributed by atoms with Gasteiger partial charge < -0.3 is 13.3 Å². The molecule has 0 atom stereocenters. The summed E-state index contributed by atoms with van der Waals surface area (Å²) < 4.78 is 18.4. The number of hydrogen-bond donors (Lipinski definition) is 0. The van der Waals surface area contributed by atoms with E-state index >= 15 is 0 Å². The third kappa shape index (κ3) is 8.24. The maximum absolute atomic E-state index is 6.13. The Morgan fingerprint density at radius 1 is 0.722 bits per heavy atom. The van der Waals surface area contributed by atoms with Gasteiger partial charge in [0.2, 0.25) is 0 Å². The normalized spacial score (nSPS) is 14.0. The molecule has 18 heavy (non-hydrogen) atoms. The summed E-state index contributed by atoms with van der Waals surface area (Å²) in [4.78, 5) is 0. The van der Waals surface area contributed by atoms with Crippen LogP contribution in [-0.2, 0) is 13.3 Å². The van der Waals surface area contributed by atoms with E-state index in [9.17, 15) is 0 Å². The third-order valence-electron chi connectivity index (χ3n) is 1.99. The van der Waals surface area contributed by atoms with Crippen LogP contribution in [0, 0.1) is 5.41 Å². The minimum Gasteiger partial charge on any atom is -0.371 e. The zero-order chi connectivity index (χ0) is 14.6. The zero-order valence-corrected chi connectivity index (χ0v) is 14.7. The first-order valence-corrected chi connectivity index (χ1v) is 8.92. The zero-order valence-electron chi connectivity index (χ0n) is 13.7. The number of rotatable bonds is 7. The SMILES string of the molecule is CC(C)O[Si](CC(C)(C)C)(OC(C)C)OC(C)C. The van der Waals surface area contributed by atoms with Gasteiger partial charge in [0.25, 0.3) is 0 Å². The maximum Gasteiger partial charge on any atom is 0.502 e. The summed E-state index contributed by atoms with van der Waals surface area (Å²) in [5.74, 6) is 0. The van der Waals surface area contributed by atoms with Crippen molar-refractivity contribution in [1.82, 2.24) is 0 Å². The van der Waals surface area contributed by atoms with E-state index in [2.05, 4.69) is 20.8 Å². The standard InChI is InChI=1S/C14H32O3Si/c1-11(2)15-18(16-12(3)4,17-13(5)6)10-14(7,8)9/h11-13H,10H2,1-9H3. The van der Waals surface area contributed by atoms with E-state index in [1.165, 1.54) is 0 Å². The second-order valence-corrected chi connectivity index (χ2v) is 9.35. The van der Waals surface area contributed by atoms with Gasteiger partial charge in [0.15, 0.2) is 0 Å². The van der Waals surface area contributed by atoms with Gasteiger partial charge in [0.1, 0.15) is 0 Å². The highest BCUT2D eigenvalue weighted by molar-refractivity contribution is 6.61. The average Bonchev–Trinajstić information content (AvgIpc) is 1.92. The molecule has 0 rings (SSSR count). The summed E-state index contributed by atoms with van der Waals surface area (Å²) in [6, 6.07) is 0.842. The summed E-state index contributed by atoms with van der Waals surface area (Å²) in [7, 11) is -2.62. The van der Waals surface area contributed by atoms with Crippen molar-refractivity contribution in [3.05, 3.63) is 0 Å². The Balaban J connectivity index is 5.10. The van der Waals surface area contributed by atoms with Crippen LogP contribution in [-0.4, -0.2) is 27.1 Å². The van der Waals surface area contributed by atoms with Crippen molar-refractivity contribution in [1.29, 1.82) is 0 Å². The van der Waals surface area contributed by atoms with Crippen LogP contribution in [0.2, 0.25) is 6.04 Å². The highest BCUT2D eigenvalue weighted by Crippen LogP contribution is 2.32. The lowest BCUT2D eigenvalue weighted by molar-refractivity contribution is -0.00242. The molecule has 0 aromatic carbocycles. The Morgan fingerprint density at radius 2 is 1.00 bits per heavy atom. The van der Waals surface area contributed by atoms with Crippen molar-refractivity contribution in [2.24, 2.45) is 5.41 Å². The van der Waals surface area contributed by atoms with Crippen LogP contribution in [0.25, 0.3) is 0 Å². The second-order valence-electron chi connectivity index (χ2n) is 6.92. The quantitative estimate of drug-likeness (QED) is 0.651. The van der Waals surface area contributed by atoms with Crippen LogP contribution in [0.4, 0.5) is 0 Å². The summed E-state index contributed by atoms with van der Waals surface area (Å²) in [5.41, 5.74) is 0.130. The Bertz CT molecular complexity index is 205. The van der Waals surface area contributed by atoms with Gasteiger partial charge in [0, 0.05) is 24.4 Å². The maximum atomic E-state index is 6.13. The van der Waals surface area contributed by atoms with Crippen LogP contribution in [0.1, 0.15) is 62.3 Å². The van der Waals surface area contributed by atoms with Crippen molar-refractivity contribution < 1.29 is 13.3 Å². The topological polar surface area (TPSA) is 27.7 Å². The van der Waals surface area contributed by atoms with E-state index in [0.29, 0.717) is 0 Å². The van der Waals surface area contributed by atoms with E-state index < -0.39 is 8.80 Å². The molecule has 0 bridgehead atoms. The molecule has 110 valence electrons. The van der Waals surface area contributed by atoms with Gasteiger partial charge >= 0.3 is 8.80 Å². The van der Waals surface area contributed by atoms with Crippen LogP contribution in [0.15, 0.2) is 0 Å². The van der Waals surface area contributed by atoms with Crippen molar-refractivity contribution in [2.75, 3.05) is 0 Å². The van der Waals surface area contributed by atoms with Crippen LogP contribution in [0.3, 0.4) is 0 Å². The van der Waals surface area contributed by atoms with Crippen LogP contribution < -0.4 is 0 Å². The first-order valence-electron chi connectivity index (χ1n) is 6.99. The molecule has 0 aromatic rings. The van der Waals surface area contributed by atoms with Crippen molar-refractivity contribution in [3.8, 4) is 0 Å². The summed E-state index contributed by atoms with van der Waals surface area (Å²) in [5, 5.41) is 0. The van der Waals surface area contributed by atoms with Gasteiger partial charge in [-0.1, -0.05) is 20.8 Å². The fraction of sp³-hybridized carbons (Fsp3) is 1.00. The fourth-order valence-corrected chi connectivity index (χ4v) is 5.81. The molecule has 0 aliphatic heterocycles.